The number of rotatable bonds is 4. The molecule has 0 spiro atoms. The molecule has 3 aromatic rings. The maximum absolute atomic E-state index is 12.6. The van der Waals surface area contributed by atoms with Gasteiger partial charge in [-0.15, -0.1) is 0 Å². The van der Waals surface area contributed by atoms with Crippen molar-refractivity contribution in [3.8, 4) is 11.8 Å². The Kier molecular flexibility index (Phi) is 5.91. The van der Waals surface area contributed by atoms with Crippen LogP contribution in [-0.4, -0.2) is 10.5 Å². The highest BCUT2D eigenvalue weighted by Gasteiger charge is 2.15. The third-order valence-corrected chi connectivity index (χ3v) is 5.31. The Labute approximate surface area is 176 Å². The molecule has 3 rings (SSSR count). The third-order valence-electron chi connectivity index (χ3n) is 5.05. The number of nitrogens with zero attached hydrogens (tertiary/aromatic N) is 2. The topological polar surface area (TPSA) is 57.8 Å². The maximum atomic E-state index is 12.6. The van der Waals surface area contributed by atoms with E-state index in [-0.39, 0.29) is 5.57 Å². The van der Waals surface area contributed by atoms with E-state index in [2.05, 4.69) is 35.9 Å². The molecule has 0 bridgehead atoms. The van der Waals surface area contributed by atoms with Crippen molar-refractivity contribution in [2.75, 3.05) is 5.32 Å². The summed E-state index contributed by atoms with van der Waals surface area (Å²) in [5.41, 5.74) is 7.00. The van der Waals surface area contributed by atoms with Crippen LogP contribution in [0.1, 0.15) is 28.1 Å². The summed E-state index contributed by atoms with van der Waals surface area (Å²) < 4.78 is 2.15. The third kappa shape index (κ3) is 4.26. The average Bonchev–Trinajstić information content (AvgIpc) is 2.97. The molecule has 0 aliphatic carbocycles. The van der Waals surface area contributed by atoms with Crippen LogP contribution >= 0.6 is 11.6 Å². The minimum atomic E-state index is -0.452. The summed E-state index contributed by atoms with van der Waals surface area (Å²) in [7, 11) is 0. The fourth-order valence-electron chi connectivity index (χ4n) is 3.32. The SMILES string of the molecule is Cc1cccc(-n2c(C)cc(/C=C(/C#N)C(=O)Nc3ccc(Cl)cc3)c2C)c1C. The van der Waals surface area contributed by atoms with Gasteiger partial charge in [0.15, 0.2) is 0 Å². The van der Waals surface area contributed by atoms with Gasteiger partial charge in [-0.2, -0.15) is 5.26 Å². The van der Waals surface area contributed by atoms with E-state index < -0.39 is 5.91 Å². The Balaban J connectivity index is 1.96. The van der Waals surface area contributed by atoms with E-state index in [1.807, 2.05) is 32.0 Å². The number of nitrogens with one attached hydrogen (secondary N) is 1. The van der Waals surface area contributed by atoms with Gasteiger partial charge in [0.1, 0.15) is 11.6 Å². The molecule has 0 unspecified atom stereocenters. The zero-order chi connectivity index (χ0) is 21.1. The molecular formula is C24H22ClN3O. The first-order chi connectivity index (χ1) is 13.8. The minimum absolute atomic E-state index is 0.0427. The Morgan fingerprint density at radius 3 is 2.45 bits per heavy atom. The number of nitriles is 1. The van der Waals surface area contributed by atoms with Crippen molar-refractivity contribution in [1.82, 2.24) is 4.57 Å². The molecule has 1 N–H and O–H groups in total. The van der Waals surface area contributed by atoms with Gasteiger partial charge in [-0.1, -0.05) is 23.7 Å². The number of aromatic nitrogens is 1. The zero-order valence-corrected chi connectivity index (χ0v) is 17.6. The lowest BCUT2D eigenvalue weighted by Gasteiger charge is -2.14. The van der Waals surface area contributed by atoms with Crippen LogP contribution in [0.3, 0.4) is 0 Å². The lowest BCUT2D eigenvalue weighted by atomic mass is 10.1. The summed E-state index contributed by atoms with van der Waals surface area (Å²) in [6, 6.07) is 17.0. The van der Waals surface area contributed by atoms with Crippen molar-refractivity contribution in [1.29, 1.82) is 5.26 Å². The summed E-state index contributed by atoms with van der Waals surface area (Å²) in [5.74, 6) is -0.452. The van der Waals surface area contributed by atoms with Crippen molar-refractivity contribution >= 4 is 29.3 Å². The van der Waals surface area contributed by atoms with Gasteiger partial charge < -0.3 is 9.88 Å². The molecule has 4 nitrogen and oxygen atoms in total. The second kappa shape index (κ2) is 8.38. The van der Waals surface area contributed by atoms with Gasteiger partial charge in [0.2, 0.25) is 0 Å². The maximum Gasteiger partial charge on any atom is 0.266 e. The van der Waals surface area contributed by atoms with E-state index in [1.54, 1.807) is 30.3 Å². The first-order valence-corrected chi connectivity index (χ1v) is 9.64. The predicted molar refractivity (Wildman–Crippen MR) is 118 cm³/mol. The van der Waals surface area contributed by atoms with Crippen LogP contribution in [0.4, 0.5) is 5.69 Å². The van der Waals surface area contributed by atoms with Crippen LogP contribution in [0, 0.1) is 39.0 Å². The molecule has 0 aliphatic heterocycles. The van der Waals surface area contributed by atoms with Gasteiger partial charge in [0, 0.05) is 27.8 Å². The normalized spacial score (nSPS) is 11.2. The molecule has 0 fully saturated rings. The van der Waals surface area contributed by atoms with E-state index in [0.29, 0.717) is 10.7 Å². The molecule has 5 heteroatoms. The van der Waals surface area contributed by atoms with E-state index in [0.717, 1.165) is 22.6 Å². The second-order valence-corrected chi connectivity index (χ2v) is 7.45. The molecular weight excluding hydrogens is 382 g/mol. The lowest BCUT2D eigenvalue weighted by Crippen LogP contribution is -2.13. The van der Waals surface area contributed by atoms with Crippen LogP contribution < -0.4 is 5.32 Å². The summed E-state index contributed by atoms with van der Waals surface area (Å²) in [6.07, 6.45) is 1.63. The number of carbonyl (C=O) groups excluding carboxylic acids is 1. The molecule has 146 valence electrons. The highest BCUT2D eigenvalue weighted by atomic mass is 35.5. The number of hydrogen-bond donors (Lipinski definition) is 1. The summed E-state index contributed by atoms with van der Waals surface area (Å²) in [6.45, 7) is 8.20. The summed E-state index contributed by atoms with van der Waals surface area (Å²) >= 11 is 5.87. The van der Waals surface area contributed by atoms with Crippen LogP contribution in [-0.2, 0) is 4.79 Å². The first-order valence-electron chi connectivity index (χ1n) is 9.26. The highest BCUT2D eigenvalue weighted by molar-refractivity contribution is 6.30. The smallest absolute Gasteiger partial charge is 0.266 e. The molecule has 0 saturated heterocycles. The predicted octanol–water partition coefficient (Wildman–Crippen LogP) is 5.91. The molecule has 0 radical (unpaired) electrons. The second-order valence-electron chi connectivity index (χ2n) is 7.01. The number of halogens is 1. The van der Waals surface area contributed by atoms with Crippen molar-refractivity contribution in [2.45, 2.75) is 27.7 Å². The average molecular weight is 404 g/mol. The number of carbonyl (C=O) groups is 1. The number of aryl methyl sites for hydroxylation is 2. The monoisotopic (exact) mass is 403 g/mol. The Bertz CT molecular complexity index is 1150. The highest BCUT2D eigenvalue weighted by Crippen LogP contribution is 2.26. The van der Waals surface area contributed by atoms with Crippen LogP contribution in [0.2, 0.25) is 5.02 Å². The van der Waals surface area contributed by atoms with Gasteiger partial charge in [-0.25, -0.2) is 0 Å². The van der Waals surface area contributed by atoms with Crippen LogP contribution in [0.5, 0.6) is 0 Å². The first kappa shape index (κ1) is 20.4. The number of amides is 1. The molecule has 1 aromatic heterocycles. The fourth-order valence-corrected chi connectivity index (χ4v) is 3.44. The fraction of sp³-hybridized carbons (Fsp3) is 0.167. The zero-order valence-electron chi connectivity index (χ0n) is 16.9. The minimum Gasteiger partial charge on any atom is -0.321 e. The van der Waals surface area contributed by atoms with Crippen LogP contribution in [0.15, 0.2) is 54.1 Å². The standard InChI is InChI=1S/C24H22ClN3O/c1-15-6-5-7-23(17(15)3)28-16(2)12-19(18(28)4)13-20(14-26)24(29)27-22-10-8-21(25)9-11-22/h5-13H,1-4H3,(H,27,29)/b20-13-. The van der Waals surface area contributed by atoms with Crippen LogP contribution in [0.25, 0.3) is 11.8 Å². The Morgan fingerprint density at radius 2 is 1.79 bits per heavy atom. The summed E-state index contributed by atoms with van der Waals surface area (Å²) in [5, 5.41) is 12.9. The van der Waals surface area contributed by atoms with E-state index in [1.165, 1.54) is 11.1 Å². The van der Waals surface area contributed by atoms with Crippen molar-refractivity contribution < 1.29 is 4.79 Å². The molecule has 1 amide bonds. The lowest BCUT2D eigenvalue weighted by molar-refractivity contribution is -0.112. The van der Waals surface area contributed by atoms with Crippen molar-refractivity contribution in [3.05, 3.63) is 87.2 Å². The van der Waals surface area contributed by atoms with Crippen molar-refractivity contribution in [3.63, 3.8) is 0 Å². The van der Waals surface area contributed by atoms with Gasteiger partial charge >= 0.3 is 0 Å². The Hall–Kier alpha value is -3.29. The molecule has 0 atom stereocenters. The van der Waals surface area contributed by atoms with Gasteiger partial charge in [0.05, 0.1) is 0 Å². The van der Waals surface area contributed by atoms with Gasteiger partial charge in [-0.05, 0) is 86.9 Å². The quantitative estimate of drug-likeness (QED) is 0.434. The molecule has 2 aromatic carbocycles. The summed E-state index contributed by atoms with van der Waals surface area (Å²) in [4.78, 5) is 12.6. The number of hydrogen-bond acceptors (Lipinski definition) is 2. The molecule has 0 saturated carbocycles. The molecule has 29 heavy (non-hydrogen) atoms. The Morgan fingerprint density at radius 1 is 1.10 bits per heavy atom. The van der Waals surface area contributed by atoms with Gasteiger partial charge in [-0.3, -0.25) is 4.79 Å². The van der Waals surface area contributed by atoms with Gasteiger partial charge in [0.25, 0.3) is 5.91 Å². The van der Waals surface area contributed by atoms with E-state index >= 15 is 0 Å². The number of benzene rings is 2. The van der Waals surface area contributed by atoms with E-state index in [9.17, 15) is 10.1 Å². The largest absolute Gasteiger partial charge is 0.321 e. The van der Waals surface area contributed by atoms with E-state index in [4.69, 9.17) is 11.6 Å². The molecule has 0 aliphatic rings. The molecule has 1 heterocycles. The number of anilines is 1. The van der Waals surface area contributed by atoms with Crippen molar-refractivity contribution in [2.24, 2.45) is 0 Å².